The SMILES string of the molecule is Cc1csc(COc2c(C)cc(Br)cc2CNC2CC2)n1. The van der Waals surface area contributed by atoms with Crippen LogP contribution in [0.4, 0.5) is 0 Å². The lowest BCUT2D eigenvalue weighted by Crippen LogP contribution is -2.16. The fourth-order valence-corrected chi connectivity index (χ4v) is 3.58. The highest BCUT2D eigenvalue weighted by atomic mass is 79.9. The van der Waals surface area contributed by atoms with Crippen molar-refractivity contribution < 1.29 is 4.74 Å². The van der Waals surface area contributed by atoms with Crippen LogP contribution in [0.15, 0.2) is 22.0 Å². The Balaban J connectivity index is 1.74. The van der Waals surface area contributed by atoms with E-state index in [9.17, 15) is 0 Å². The molecule has 1 aliphatic rings. The van der Waals surface area contributed by atoms with E-state index in [1.807, 2.05) is 6.92 Å². The molecule has 1 N–H and O–H groups in total. The summed E-state index contributed by atoms with van der Waals surface area (Å²) in [6.07, 6.45) is 2.59. The summed E-state index contributed by atoms with van der Waals surface area (Å²) < 4.78 is 7.16. The summed E-state index contributed by atoms with van der Waals surface area (Å²) in [5.41, 5.74) is 3.43. The molecule has 0 unspecified atom stereocenters. The van der Waals surface area contributed by atoms with Gasteiger partial charge in [-0.25, -0.2) is 4.98 Å². The number of nitrogens with zero attached hydrogens (tertiary/aromatic N) is 1. The lowest BCUT2D eigenvalue weighted by molar-refractivity contribution is 0.299. The van der Waals surface area contributed by atoms with E-state index < -0.39 is 0 Å². The van der Waals surface area contributed by atoms with Gasteiger partial charge in [-0.05, 0) is 44.4 Å². The molecule has 0 atom stereocenters. The van der Waals surface area contributed by atoms with Gasteiger partial charge in [0.25, 0.3) is 0 Å². The van der Waals surface area contributed by atoms with Crippen LogP contribution in [0.3, 0.4) is 0 Å². The number of hydrogen-bond donors (Lipinski definition) is 1. The monoisotopic (exact) mass is 366 g/mol. The Labute approximate surface area is 137 Å². The Morgan fingerprint density at radius 1 is 1.38 bits per heavy atom. The topological polar surface area (TPSA) is 34.1 Å². The Morgan fingerprint density at radius 2 is 2.19 bits per heavy atom. The van der Waals surface area contributed by atoms with Crippen LogP contribution in [0.1, 0.15) is 34.7 Å². The highest BCUT2D eigenvalue weighted by Gasteiger charge is 2.21. The Morgan fingerprint density at radius 3 is 2.86 bits per heavy atom. The number of benzene rings is 1. The first-order chi connectivity index (χ1) is 10.1. The van der Waals surface area contributed by atoms with Crippen LogP contribution in [0.25, 0.3) is 0 Å². The van der Waals surface area contributed by atoms with Crippen molar-refractivity contribution in [1.82, 2.24) is 10.3 Å². The molecule has 1 heterocycles. The van der Waals surface area contributed by atoms with Gasteiger partial charge in [-0.2, -0.15) is 0 Å². The summed E-state index contributed by atoms with van der Waals surface area (Å²) in [5, 5.41) is 6.64. The molecule has 0 saturated heterocycles. The molecule has 2 aromatic rings. The predicted octanol–water partition coefficient (Wildman–Crippen LogP) is 4.35. The zero-order valence-corrected chi connectivity index (χ0v) is 14.7. The van der Waals surface area contributed by atoms with Crippen molar-refractivity contribution in [1.29, 1.82) is 0 Å². The molecule has 0 amide bonds. The molecule has 3 rings (SSSR count). The number of hydrogen-bond acceptors (Lipinski definition) is 4. The second-order valence-electron chi connectivity index (χ2n) is 5.54. The normalized spacial score (nSPS) is 14.4. The third-order valence-corrected chi connectivity index (χ3v) is 4.88. The molecule has 0 radical (unpaired) electrons. The summed E-state index contributed by atoms with van der Waals surface area (Å²) in [5.74, 6) is 0.985. The largest absolute Gasteiger partial charge is 0.486 e. The van der Waals surface area contributed by atoms with Gasteiger partial charge in [0.05, 0.1) is 0 Å². The third-order valence-electron chi connectivity index (χ3n) is 3.48. The minimum Gasteiger partial charge on any atom is -0.486 e. The first kappa shape index (κ1) is 15.0. The second kappa shape index (κ2) is 6.46. The maximum atomic E-state index is 6.06. The quantitative estimate of drug-likeness (QED) is 0.824. The molecule has 1 aromatic heterocycles. The highest BCUT2D eigenvalue weighted by molar-refractivity contribution is 9.10. The number of halogens is 1. The lowest BCUT2D eigenvalue weighted by atomic mass is 10.1. The van der Waals surface area contributed by atoms with Crippen molar-refractivity contribution in [2.75, 3.05) is 0 Å². The van der Waals surface area contributed by atoms with Gasteiger partial charge in [0.15, 0.2) is 0 Å². The smallest absolute Gasteiger partial charge is 0.140 e. The van der Waals surface area contributed by atoms with Gasteiger partial charge in [-0.15, -0.1) is 11.3 Å². The fourth-order valence-electron chi connectivity index (χ4n) is 2.28. The Kier molecular flexibility index (Phi) is 4.62. The number of thiazole rings is 1. The first-order valence-corrected chi connectivity index (χ1v) is 8.85. The molecule has 0 bridgehead atoms. The van der Waals surface area contributed by atoms with E-state index >= 15 is 0 Å². The Bertz CT molecular complexity index is 637. The van der Waals surface area contributed by atoms with Crippen LogP contribution in [0.5, 0.6) is 5.75 Å². The van der Waals surface area contributed by atoms with Crippen LogP contribution < -0.4 is 10.1 Å². The molecule has 112 valence electrons. The summed E-state index contributed by atoms with van der Waals surface area (Å²) in [7, 11) is 0. The number of ether oxygens (including phenoxy) is 1. The second-order valence-corrected chi connectivity index (χ2v) is 7.40. The zero-order valence-electron chi connectivity index (χ0n) is 12.3. The average molecular weight is 367 g/mol. The molecule has 0 spiro atoms. The average Bonchev–Trinajstić information content (AvgIpc) is 3.17. The van der Waals surface area contributed by atoms with Crippen LogP contribution >= 0.6 is 27.3 Å². The van der Waals surface area contributed by atoms with E-state index in [-0.39, 0.29) is 0 Å². The van der Waals surface area contributed by atoms with E-state index in [0.29, 0.717) is 12.6 Å². The lowest BCUT2D eigenvalue weighted by Gasteiger charge is -2.15. The van der Waals surface area contributed by atoms with Crippen molar-refractivity contribution in [3.05, 3.63) is 43.8 Å². The molecule has 1 fully saturated rings. The molecule has 1 aliphatic carbocycles. The van der Waals surface area contributed by atoms with Crippen molar-refractivity contribution in [3.63, 3.8) is 0 Å². The summed E-state index contributed by atoms with van der Waals surface area (Å²) in [6, 6.07) is 4.94. The van der Waals surface area contributed by atoms with Gasteiger partial charge in [-0.1, -0.05) is 15.9 Å². The number of aromatic nitrogens is 1. The highest BCUT2D eigenvalue weighted by Crippen LogP contribution is 2.30. The van der Waals surface area contributed by atoms with Gasteiger partial charge in [-0.3, -0.25) is 0 Å². The first-order valence-electron chi connectivity index (χ1n) is 7.18. The molecular formula is C16H19BrN2OS. The van der Waals surface area contributed by atoms with Crippen molar-refractivity contribution >= 4 is 27.3 Å². The summed E-state index contributed by atoms with van der Waals surface area (Å²) >= 11 is 5.23. The number of aryl methyl sites for hydroxylation is 2. The van der Waals surface area contributed by atoms with E-state index in [4.69, 9.17) is 4.74 Å². The standard InChI is InChI=1S/C16H19BrN2OS/c1-10-5-13(17)6-12(7-18-14-3-4-14)16(10)20-8-15-19-11(2)9-21-15/h5-6,9,14,18H,3-4,7-8H2,1-2H3. The zero-order chi connectivity index (χ0) is 14.8. The predicted molar refractivity (Wildman–Crippen MR) is 89.9 cm³/mol. The van der Waals surface area contributed by atoms with Gasteiger partial charge in [0.2, 0.25) is 0 Å². The minimum atomic E-state index is 0.539. The van der Waals surface area contributed by atoms with Crippen LogP contribution in [0, 0.1) is 13.8 Å². The van der Waals surface area contributed by atoms with E-state index in [2.05, 4.69) is 50.7 Å². The van der Waals surface area contributed by atoms with Gasteiger partial charge >= 0.3 is 0 Å². The molecule has 3 nitrogen and oxygen atoms in total. The molecule has 0 aliphatic heterocycles. The van der Waals surface area contributed by atoms with Gasteiger partial charge < -0.3 is 10.1 Å². The molecule has 21 heavy (non-hydrogen) atoms. The van der Waals surface area contributed by atoms with Crippen LogP contribution in [-0.2, 0) is 13.2 Å². The minimum absolute atomic E-state index is 0.539. The van der Waals surface area contributed by atoms with Crippen molar-refractivity contribution in [3.8, 4) is 5.75 Å². The van der Waals surface area contributed by atoms with E-state index in [1.165, 1.54) is 18.4 Å². The van der Waals surface area contributed by atoms with Crippen molar-refractivity contribution in [2.24, 2.45) is 0 Å². The van der Waals surface area contributed by atoms with Crippen molar-refractivity contribution in [2.45, 2.75) is 45.9 Å². The van der Waals surface area contributed by atoms with E-state index in [1.54, 1.807) is 11.3 Å². The maximum absolute atomic E-state index is 6.06. The van der Waals surface area contributed by atoms with Gasteiger partial charge in [0, 0.05) is 33.7 Å². The fraction of sp³-hybridized carbons (Fsp3) is 0.438. The third kappa shape index (κ3) is 4.05. The van der Waals surface area contributed by atoms with E-state index in [0.717, 1.165) is 33.0 Å². The number of rotatable bonds is 6. The summed E-state index contributed by atoms with van der Waals surface area (Å²) in [6.45, 7) is 5.50. The molecular weight excluding hydrogens is 348 g/mol. The molecule has 1 aromatic carbocycles. The van der Waals surface area contributed by atoms with Gasteiger partial charge in [0.1, 0.15) is 17.4 Å². The van der Waals surface area contributed by atoms with Crippen LogP contribution in [0.2, 0.25) is 0 Å². The molecule has 1 saturated carbocycles. The van der Waals surface area contributed by atoms with Crippen LogP contribution in [-0.4, -0.2) is 11.0 Å². The number of nitrogens with one attached hydrogen (secondary N) is 1. The molecule has 5 heteroatoms. The summed E-state index contributed by atoms with van der Waals surface area (Å²) in [4.78, 5) is 4.46. The Hall–Kier alpha value is -0.910. The maximum Gasteiger partial charge on any atom is 0.140 e.